The molecular weight excluding hydrogens is 423 g/mol. The van der Waals surface area contributed by atoms with E-state index >= 15 is 0 Å². The molecule has 2 aliphatic rings. The molecular formula is C25H29FN4OS. The molecule has 1 heterocycles. The molecule has 5 nitrogen and oxygen atoms in total. The molecule has 32 heavy (non-hydrogen) atoms. The van der Waals surface area contributed by atoms with E-state index in [1.807, 2.05) is 0 Å². The zero-order valence-corrected chi connectivity index (χ0v) is 19.0. The van der Waals surface area contributed by atoms with Gasteiger partial charge in [-0.1, -0.05) is 18.3 Å². The number of carbonyl (C=O) groups excluding carboxylic acids is 1. The van der Waals surface area contributed by atoms with Crippen LogP contribution in [0.2, 0.25) is 0 Å². The Kier molecular flexibility index (Phi) is 9.27. The number of anilines is 1. The number of rotatable bonds is 6. The van der Waals surface area contributed by atoms with Gasteiger partial charge in [-0.3, -0.25) is 9.79 Å². The summed E-state index contributed by atoms with van der Waals surface area (Å²) in [6, 6.07) is 9.50. The SMILES string of the molecule is C=NC1CCCC1CNCS.O=C(Nc1ccc(F)cc1)c1ccc(C#CC2CC2)cn1. The van der Waals surface area contributed by atoms with E-state index < -0.39 is 0 Å². The smallest absolute Gasteiger partial charge is 0.274 e. The van der Waals surface area contributed by atoms with Crippen molar-refractivity contribution in [3.63, 3.8) is 0 Å². The molecule has 0 aliphatic heterocycles. The fourth-order valence-electron chi connectivity index (χ4n) is 3.49. The summed E-state index contributed by atoms with van der Waals surface area (Å²) >= 11 is 4.09. The number of halogens is 1. The van der Waals surface area contributed by atoms with E-state index in [1.165, 1.54) is 56.4 Å². The Morgan fingerprint density at radius 2 is 1.97 bits per heavy atom. The van der Waals surface area contributed by atoms with Gasteiger partial charge in [-0.15, -0.1) is 0 Å². The van der Waals surface area contributed by atoms with Gasteiger partial charge in [0.15, 0.2) is 0 Å². The molecule has 2 saturated carbocycles. The molecule has 168 valence electrons. The van der Waals surface area contributed by atoms with Gasteiger partial charge in [-0.25, -0.2) is 9.37 Å². The molecule has 2 unspecified atom stereocenters. The van der Waals surface area contributed by atoms with Crippen molar-refractivity contribution in [1.29, 1.82) is 0 Å². The van der Waals surface area contributed by atoms with Gasteiger partial charge in [0.2, 0.25) is 0 Å². The predicted molar refractivity (Wildman–Crippen MR) is 131 cm³/mol. The van der Waals surface area contributed by atoms with E-state index in [1.54, 1.807) is 18.3 Å². The van der Waals surface area contributed by atoms with Crippen molar-refractivity contribution in [3.8, 4) is 11.8 Å². The number of thiol groups is 1. The van der Waals surface area contributed by atoms with E-state index in [0.717, 1.165) is 18.0 Å². The zero-order valence-electron chi connectivity index (χ0n) is 18.1. The number of nitrogens with zero attached hydrogens (tertiary/aromatic N) is 2. The van der Waals surface area contributed by atoms with Crippen LogP contribution in [0.25, 0.3) is 0 Å². The van der Waals surface area contributed by atoms with Crippen LogP contribution >= 0.6 is 12.6 Å². The van der Waals surface area contributed by atoms with Crippen LogP contribution in [-0.4, -0.2) is 36.1 Å². The lowest BCUT2D eigenvalue weighted by Gasteiger charge is -2.14. The monoisotopic (exact) mass is 452 g/mol. The highest BCUT2D eigenvalue weighted by atomic mass is 32.1. The molecule has 0 bridgehead atoms. The molecule has 2 aliphatic carbocycles. The molecule has 0 spiro atoms. The summed E-state index contributed by atoms with van der Waals surface area (Å²) in [6.45, 7) is 4.65. The first kappa shape index (κ1) is 24.0. The van der Waals surface area contributed by atoms with Crippen molar-refractivity contribution in [2.45, 2.75) is 38.1 Å². The van der Waals surface area contributed by atoms with Gasteiger partial charge in [0.1, 0.15) is 11.5 Å². The Hall–Kier alpha value is -2.69. The minimum absolute atomic E-state index is 0.302. The topological polar surface area (TPSA) is 66.4 Å². The maximum Gasteiger partial charge on any atom is 0.274 e. The molecule has 4 rings (SSSR count). The molecule has 2 fully saturated rings. The third-order valence-electron chi connectivity index (χ3n) is 5.47. The second-order valence-electron chi connectivity index (χ2n) is 7.99. The molecule has 2 aromatic rings. The van der Waals surface area contributed by atoms with Crippen molar-refractivity contribution < 1.29 is 9.18 Å². The third-order valence-corrected chi connectivity index (χ3v) is 5.69. The fraction of sp³-hybridized carbons (Fsp3) is 0.400. The van der Waals surface area contributed by atoms with Gasteiger partial charge in [0, 0.05) is 35.8 Å². The summed E-state index contributed by atoms with van der Waals surface area (Å²) in [7, 11) is 0. The van der Waals surface area contributed by atoms with Crippen LogP contribution in [0.3, 0.4) is 0 Å². The Balaban J connectivity index is 0.000000222. The van der Waals surface area contributed by atoms with E-state index in [0.29, 0.717) is 29.3 Å². The fourth-order valence-corrected chi connectivity index (χ4v) is 3.62. The lowest BCUT2D eigenvalue weighted by Crippen LogP contribution is -2.26. The van der Waals surface area contributed by atoms with E-state index in [4.69, 9.17) is 0 Å². The Labute approximate surface area is 194 Å². The first-order chi connectivity index (χ1) is 15.6. The van der Waals surface area contributed by atoms with Gasteiger partial charge < -0.3 is 10.6 Å². The molecule has 1 amide bonds. The van der Waals surface area contributed by atoms with Gasteiger partial charge in [0.05, 0.1) is 6.04 Å². The Morgan fingerprint density at radius 1 is 1.19 bits per heavy atom. The summed E-state index contributed by atoms with van der Waals surface area (Å²) in [5.41, 5.74) is 1.64. The van der Waals surface area contributed by atoms with Crippen molar-refractivity contribution in [1.82, 2.24) is 10.3 Å². The number of hydrogen-bond acceptors (Lipinski definition) is 5. The summed E-state index contributed by atoms with van der Waals surface area (Å²) in [6.07, 6.45) is 7.78. The van der Waals surface area contributed by atoms with Gasteiger partial charge in [-0.05, 0) is 74.7 Å². The third kappa shape index (κ3) is 7.77. The van der Waals surface area contributed by atoms with Crippen LogP contribution in [0.1, 0.15) is 48.2 Å². The summed E-state index contributed by atoms with van der Waals surface area (Å²) in [5.74, 6) is 7.52. The lowest BCUT2D eigenvalue weighted by molar-refractivity contribution is 0.102. The highest BCUT2D eigenvalue weighted by molar-refractivity contribution is 7.80. The first-order valence-electron chi connectivity index (χ1n) is 10.9. The molecule has 0 radical (unpaired) electrons. The molecule has 7 heteroatoms. The molecule has 2 N–H and O–H groups in total. The average Bonchev–Trinajstić information content (AvgIpc) is 3.54. The van der Waals surface area contributed by atoms with Crippen LogP contribution < -0.4 is 10.6 Å². The van der Waals surface area contributed by atoms with Crippen molar-refractivity contribution in [2.75, 3.05) is 17.7 Å². The molecule has 1 aromatic heterocycles. The minimum Gasteiger partial charge on any atom is -0.321 e. The van der Waals surface area contributed by atoms with Crippen LogP contribution in [0.4, 0.5) is 10.1 Å². The number of pyridine rings is 1. The van der Waals surface area contributed by atoms with Crippen LogP contribution in [0.15, 0.2) is 47.6 Å². The second-order valence-corrected chi connectivity index (χ2v) is 8.31. The van der Waals surface area contributed by atoms with Crippen LogP contribution in [0.5, 0.6) is 0 Å². The van der Waals surface area contributed by atoms with E-state index in [9.17, 15) is 9.18 Å². The largest absolute Gasteiger partial charge is 0.321 e. The highest BCUT2D eigenvalue weighted by Crippen LogP contribution is 2.28. The molecule has 1 aromatic carbocycles. The highest BCUT2D eigenvalue weighted by Gasteiger charge is 2.25. The standard InChI is InChI=1S/C17H13FN2O.C8H16N2S/c18-14-6-8-15(9-7-14)20-17(21)16-10-5-13(11-19-16)4-3-12-1-2-12;1-9-8-4-2-3-7(8)5-10-6-11/h5-12H,1-2H2,(H,20,21);7-8,10-11H,1-6H2. The zero-order chi connectivity index (χ0) is 22.8. The van der Waals surface area contributed by atoms with Gasteiger partial charge in [0.25, 0.3) is 5.91 Å². The van der Waals surface area contributed by atoms with Crippen molar-refractivity contribution in [3.05, 3.63) is 59.7 Å². The van der Waals surface area contributed by atoms with E-state index in [-0.39, 0.29) is 11.7 Å². The lowest BCUT2D eigenvalue weighted by atomic mass is 10.0. The number of aromatic nitrogens is 1. The number of aliphatic imine (C=N–C) groups is 1. The van der Waals surface area contributed by atoms with Gasteiger partial charge in [-0.2, -0.15) is 12.6 Å². The Morgan fingerprint density at radius 3 is 2.59 bits per heavy atom. The minimum atomic E-state index is -0.343. The summed E-state index contributed by atoms with van der Waals surface area (Å²) < 4.78 is 12.8. The van der Waals surface area contributed by atoms with Gasteiger partial charge >= 0.3 is 0 Å². The van der Waals surface area contributed by atoms with Crippen LogP contribution in [0, 0.1) is 29.5 Å². The second kappa shape index (κ2) is 12.4. The summed E-state index contributed by atoms with van der Waals surface area (Å²) in [5, 5.41) is 5.89. The van der Waals surface area contributed by atoms with Crippen molar-refractivity contribution in [2.24, 2.45) is 16.8 Å². The number of amides is 1. The summed E-state index contributed by atoms with van der Waals surface area (Å²) in [4.78, 5) is 20.2. The average molecular weight is 453 g/mol. The Bertz CT molecular complexity index is 949. The quantitative estimate of drug-likeness (QED) is 0.260. The number of nitrogens with one attached hydrogen (secondary N) is 2. The number of benzene rings is 1. The van der Waals surface area contributed by atoms with Crippen LogP contribution in [-0.2, 0) is 0 Å². The van der Waals surface area contributed by atoms with Crippen molar-refractivity contribution >= 4 is 30.9 Å². The maximum atomic E-state index is 12.8. The number of carbonyl (C=O) groups is 1. The van der Waals surface area contributed by atoms with E-state index in [2.05, 4.69) is 51.8 Å². The maximum absolute atomic E-state index is 12.8. The predicted octanol–water partition coefficient (Wildman–Crippen LogP) is 4.57. The molecule has 2 atom stereocenters. The number of hydrogen-bond donors (Lipinski definition) is 3. The molecule has 0 saturated heterocycles. The first-order valence-corrected chi connectivity index (χ1v) is 11.5. The normalized spacial score (nSPS) is 19.2.